The maximum absolute atomic E-state index is 12.0. The third-order valence-corrected chi connectivity index (χ3v) is 2.82. The second-order valence-electron chi connectivity index (χ2n) is 4.24. The van der Waals surface area contributed by atoms with E-state index in [-0.39, 0.29) is 29.5 Å². The summed E-state index contributed by atoms with van der Waals surface area (Å²) in [7, 11) is 0. The van der Waals surface area contributed by atoms with Crippen molar-refractivity contribution in [3.8, 4) is 5.75 Å². The van der Waals surface area contributed by atoms with Crippen molar-refractivity contribution in [2.24, 2.45) is 0 Å². The zero-order valence-corrected chi connectivity index (χ0v) is 11.5. The highest BCUT2D eigenvalue weighted by Crippen LogP contribution is 2.28. The molecule has 0 radical (unpaired) electrons. The molecule has 5 nitrogen and oxygen atoms in total. The average Bonchev–Trinajstić information content (AvgIpc) is 2.50. The van der Waals surface area contributed by atoms with Gasteiger partial charge < -0.3 is 15.2 Å². The Morgan fingerprint density at radius 2 is 1.81 bits per heavy atom. The first-order valence-corrected chi connectivity index (χ1v) is 6.49. The van der Waals surface area contributed by atoms with Crippen LogP contribution < -0.4 is 5.32 Å². The predicted molar refractivity (Wildman–Crippen MR) is 78.5 cm³/mol. The first-order chi connectivity index (χ1) is 10.1. The maximum atomic E-state index is 12.0. The van der Waals surface area contributed by atoms with E-state index in [1.54, 1.807) is 43.3 Å². The normalized spacial score (nSPS) is 9.95. The van der Waals surface area contributed by atoms with Gasteiger partial charge in [0.25, 0.3) is 5.91 Å². The number of benzene rings is 2. The van der Waals surface area contributed by atoms with Gasteiger partial charge in [0.15, 0.2) is 5.75 Å². The minimum Gasteiger partial charge on any atom is -0.505 e. The van der Waals surface area contributed by atoms with Crippen molar-refractivity contribution in [3.05, 3.63) is 59.7 Å². The number of nitrogens with one attached hydrogen (secondary N) is 1. The van der Waals surface area contributed by atoms with Crippen LogP contribution in [-0.2, 0) is 4.74 Å². The number of anilines is 1. The zero-order chi connectivity index (χ0) is 15.2. The standard InChI is InChI=1S/C16H15NO4/c1-2-21-16(20)12-9-6-10-13(14(12)18)17-15(19)11-7-4-3-5-8-11/h3-10,18H,2H2,1H3,(H,17,19). The summed E-state index contributed by atoms with van der Waals surface area (Å²) in [6.45, 7) is 1.88. The molecule has 2 aromatic carbocycles. The summed E-state index contributed by atoms with van der Waals surface area (Å²) >= 11 is 0. The molecule has 0 atom stereocenters. The van der Waals surface area contributed by atoms with Crippen LogP contribution in [0.3, 0.4) is 0 Å². The lowest BCUT2D eigenvalue weighted by Crippen LogP contribution is -2.13. The van der Waals surface area contributed by atoms with E-state index in [9.17, 15) is 14.7 Å². The second kappa shape index (κ2) is 6.56. The molecule has 108 valence electrons. The lowest BCUT2D eigenvalue weighted by molar-refractivity contribution is 0.0523. The van der Waals surface area contributed by atoms with Gasteiger partial charge in [-0.05, 0) is 31.2 Å². The third kappa shape index (κ3) is 3.39. The maximum Gasteiger partial charge on any atom is 0.341 e. The molecule has 5 heteroatoms. The molecule has 0 fully saturated rings. The van der Waals surface area contributed by atoms with Crippen LogP contribution in [0.25, 0.3) is 0 Å². The molecule has 21 heavy (non-hydrogen) atoms. The Morgan fingerprint density at radius 3 is 2.48 bits per heavy atom. The molecule has 0 aromatic heterocycles. The number of para-hydroxylation sites is 1. The first-order valence-electron chi connectivity index (χ1n) is 6.49. The van der Waals surface area contributed by atoms with Crippen LogP contribution in [0.15, 0.2) is 48.5 Å². The molecule has 0 aliphatic heterocycles. The fourth-order valence-corrected chi connectivity index (χ4v) is 1.80. The summed E-state index contributed by atoms with van der Waals surface area (Å²) in [5.74, 6) is -1.31. The van der Waals surface area contributed by atoms with E-state index in [1.165, 1.54) is 12.1 Å². The molecule has 0 saturated heterocycles. The van der Waals surface area contributed by atoms with Crippen molar-refractivity contribution in [2.75, 3.05) is 11.9 Å². The molecule has 2 N–H and O–H groups in total. The van der Waals surface area contributed by atoms with Crippen molar-refractivity contribution in [1.29, 1.82) is 0 Å². The van der Waals surface area contributed by atoms with Crippen LogP contribution in [-0.4, -0.2) is 23.6 Å². The van der Waals surface area contributed by atoms with E-state index in [2.05, 4.69) is 5.32 Å². The molecule has 0 bridgehead atoms. The van der Waals surface area contributed by atoms with Crippen LogP contribution >= 0.6 is 0 Å². The Morgan fingerprint density at radius 1 is 1.10 bits per heavy atom. The molecule has 0 aliphatic carbocycles. The number of rotatable bonds is 4. The van der Waals surface area contributed by atoms with Gasteiger partial charge in [-0.15, -0.1) is 0 Å². The van der Waals surface area contributed by atoms with Crippen LogP contribution in [0.2, 0.25) is 0 Å². The number of hydrogen-bond donors (Lipinski definition) is 2. The highest BCUT2D eigenvalue weighted by atomic mass is 16.5. The van der Waals surface area contributed by atoms with Gasteiger partial charge in [-0.1, -0.05) is 24.3 Å². The van der Waals surface area contributed by atoms with Gasteiger partial charge in [-0.3, -0.25) is 4.79 Å². The van der Waals surface area contributed by atoms with Gasteiger partial charge in [-0.25, -0.2) is 4.79 Å². The van der Waals surface area contributed by atoms with Crippen LogP contribution in [0.4, 0.5) is 5.69 Å². The number of esters is 1. The number of phenolic OH excluding ortho intramolecular Hbond substituents is 1. The van der Waals surface area contributed by atoms with Crippen molar-refractivity contribution in [1.82, 2.24) is 0 Å². The largest absolute Gasteiger partial charge is 0.505 e. The number of hydrogen-bond acceptors (Lipinski definition) is 4. The Kier molecular flexibility index (Phi) is 4.56. The Hall–Kier alpha value is -2.82. The zero-order valence-electron chi connectivity index (χ0n) is 11.5. The topological polar surface area (TPSA) is 75.6 Å². The van der Waals surface area contributed by atoms with Gasteiger partial charge >= 0.3 is 5.97 Å². The van der Waals surface area contributed by atoms with Crippen molar-refractivity contribution in [3.63, 3.8) is 0 Å². The van der Waals surface area contributed by atoms with E-state index in [0.29, 0.717) is 5.56 Å². The Bertz CT molecular complexity index is 653. The van der Waals surface area contributed by atoms with Crippen LogP contribution in [0, 0.1) is 0 Å². The number of phenols is 1. The molecule has 0 aliphatic rings. The lowest BCUT2D eigenvalue weighted by atomic mass is 10.1. The minimum atomic E-state index is -0.634. The molecule has 0 spiro atoms. The molecular weight excluding hydrogens is 270 g/mol. The van der Waals surface area contributed by atoms with E-state index < -0.39 is 5.97 Å². The fraction of sp³-hybridized carbons (Fsp3) is 0.125. The molecular formula is C16H15NO4. The number of carbonyl (C=O) groups is 2. The molecule has 2 rings (SSSR count). The van der Waals surface area contributed by atoms with Gasteiger partial charge in [0.1, 0.15) is 5.56 Å². The predicted octanol–water partition coefficient (Wildman–Crippen LogP) is 2.82. The molecule has 0 heterocycles. The van der Waals surface area contributed by atoms with Crippen LogP contribution in [0.5, 0.6) is 5.75 Å². The molecule has 0 unspecified atom stereocenters. The highest BCUT2D eigenvalue weighted by Gasteiger charge is 2.16. The van der Waals surface area contributed by atoms with E-state index >= 15 is 0 Å². The quantitative estimate of drug-likeness (QED) is 0.669. The van der Waals surface area contributed by atoms with Crippen molar-refractivity contribution >= 4 is 17.6 Å². The molecule has 0 saturated carbocycles. The number of aromatic hydroxyl groups is 1. The summed E-state index contributed by atoms with van der Waals surface area (Å²) < 4.78 is 4.84. The van der Waals surface area contributed by atoms with E-state index in [4.69, 9.17) is 4.74 Å². The fourth-order valence-electron chi connectivity index (χ4n) is 1.80. The smallest absolute Gasteiger partial charge is 0.341 e. The Labute approximate surface area is 122 Å². The summed E-state index contributed by atoms with van der Waals surface area (Å²) in [5.41, 5.74) is 0.635. The summed E-state index contributed by atoms with van der Waals surface area (Å²) in [6.07, 6.45) is 0. The second-order valence-corrected chi connectivity index (χ2v) is 4.24. The molecule has 1 amide bonds. The minimum absolute atomic E-state index is 0.0164. The number of amides is 1. The van der Waals surface area contributed by atoms with Gasteiger partial charge in [0, 0.05) is 5.56 Å². The van der Waals surface area contributed by atoms with E-state index in [0.717, 1.165) is 0 Å². The SMILES string of the molecule is CCOC(=O)c1cccc(NC(=O)c2ccccc2)c1O. The molecule has 2 aromatic rings. The first kappa shape index (κ1) is 14.6. The Balaban J connectivity index is 2.23. The van der Waals surface area contributed by atoms with Gasteiger partial charge in [0.05, 0.1) is 12.3 Å². The van der Waals surface area contributed by atoms with Gasteiger partial charge in [-0.2, -0.15) is 0 Å². The highest BCUT2D eigenvalue weighted by molar-refractivity contribution is 6.06. The summed E-state index contributed by atoms with van der Waals surface area (Å²) in [5, 5.41) is 12.6. The number of carbonyl (C=O) groups excluding carboxylic acids is 2. The third-order valence-electron chi connectivity index (χ3n) is 2.82. The average molecular weight is 285 g/mol. The summed E-state index contributed by atoms with van der Waals surface area (Å²) in [6, 6.07) is 13.1. The van der Waals surface area contributed by atoms with Crippen molar-refractivity contribution in [2.45, 2.75) is 6.92 Å². The monoisotopic (exact) mass is 285 g/mol. The number of ether oxygens (including phenoxy) is 1. The van der Waals surface area contributed by atoms with Crippen LogP contribution in [0.1, 0.15) is 27.6 Å². The lowest BCUT2D eigenvalue weighted by Gasteiger charge is -2.10. The van der Waals surface area contributed by atoms with Crippen molar-refractivity contribution < 1.29 is 19.4 Å². The van der Waals surface area contributed by atoms with E-state index in [1.807, 2.05) is 0 Å². The van der Waals surface area contributed by atoms with Gasteiger partial charge in [0.2, 0.25) is 0 Å². The summed E-state index contributed by atoms with van der Waals surface area (Å²) in [4.78, 5) is 23.7.